The molecule has 0 N–H and O–H groups in total. The van der Waals surface area contributed by atoms with Gasteiger partial charge in [-0.25, -0.2) is 0 Å². The number of hydrogen-bond donors (Lipinski definition) is 0. The van der Waals surface area contributed by atoms with E-state index in [1.54, 1.807) is 6.92 Å². The highest BCUT2D eigenvalue weighted by Gasteiger charge is 2.04. The van der Waals surface area contributed by atoms with Gasteiger partial charge in [0, 0.05) is 12.8 Å². The van der Waals surface area contributed by atoms with Crippen LogP contribution in [0.3, 0.4) is 0 Å². The molecule has 0 fully saturated rings. The monoisotopic (exact) mass is 152 g/mol. The number of esters is 1. The van der Waals surface area contributed by atoms with Gasteiger partial charge in [-0.2, -0.15) is 0 Å². The molecule has 0 radical (unpaired) electrons. The van der Waals surface area contributed by atoms with Crippen molar-refractivity contribution in [2.24, 2.45) is 0 Å². The van der Waals surface area contributed by atoms with Crippen molar-refractivity contribution in [3.8, 4) is 0 Å². The lowest BCUT2D eigenvalue weighted by Gasteiger charge is -2.07. The number of carbonyl (C=O) groups excluding carboxylic acids is 1. The second-order valence-corrected chi connectivity index (χ2v) is 2.43. The van der Waals surface area contributed by atoms with Crippen molar-refractivity contribution >= 4 is 5.97 Å². The molecule has 2 heteroatoms. The normalized spacial score (nSPS) is 15.9. The third-order valence-electron chi connectivity index (χ3n) is 1.51. The molecule has 0 saturated carbocycles. The largest absolute Gasteiger partial charge is 0.431 e. The zero-order valence-electron chi connectivity index (χ0n) is 6.67. The third kappa shape index (κ3) is 2.58. The van der Waals surface area contributed by atoms with Crippen LogP contribution in [0.2, 0.25) is 0 Å². The van der Waals surface area contributed by atoms with E-state index < -0.39 is 0 Å². The minimum absolute atomic E-state index is 0.147. The summed E-state index contributed by atoms with van der Waals surface area (Å²) in [6.45, 7) is 1.79. The Hall–Kier alpha value is -1.05. The molecule has 0 heterocycles. The van der Waals surface area contributed by atoms with E-state index in [1.165, 1.54) is 0 Å². The second kappa shape index (κ2) is 3.96. The fourth-order valence-electron chi connectivity index (χ4n) is 0.884. The molecule has 2 nitrogen and oxygen atoms in total. The summed E-state index contributed by atoms with van der Waals surface area (Å²) in [6.07, 6.45) is 8.09. The minimum Gasteiger partial charge on any atom is -0.431 e. The Labute approximate surface area is 66.5 Å². The molecule has 0 bridgehead atoms. The van der Waals surface area contributed by atoms with Gasteiger partial charge in [0.05, 0.1) is 0 Å². The van der Waals surface area contributed by atoms with Gasteiger partial charge in [0.2, 0.25) is 0 Å². The molecule has 0 amide bonds. The van der Waals surface area contributed by atoms with Crippen LogP contribution in [0.4, 0.5) is 0 Å². The second-order valence-electron chi connectivity index (χ2n) is 2.43. The minimum atomic E-state index is -0.147. The zero-order valence-corrected chi connectivity index (χ0v) is 6.67. The highest BCUT2D eigenvalue weighted by atomic mass is 16.5. The maximum atomic E-state index is 10.8. The number of hydrogen-bond acceptors (Lipinski definition) is 2. The average molecular weight is 152 g/mol. The Morgan fingerprint density at radius 1 is 1.73 bits per heavy atom. The molecule has 0 unspecified atom stereocenters. The summed E-state index contributed by atoms with van der Waals surface area (Å²) in [7, 11) is 0. The van der Waals surface area contributed by atoms with Gasteiger partial charge in [-0.05, 0) is 12.5 Å². The van der Waals surface area contributed by atoms with Crippen molar-refractivity contribution in [3.05, 3.63) is 24.0 Å². The van der Waals surface area contributed by atoms with E-state index in [-0.39, 0.29) is 5.97 Å². The number of rotatable bonds is 2. The summed E-state index contributed by atoms with van der Waals surface area (Å²) in [5.74, 6) is 0.644. The molecule has 0 aromatic heterocycles. The number of allylic oxidation sites excluding steroid dienone is 4. The molecule has 11 heavy (non-hydrogen) atoms. The lowest BCUT2D eigenvalue weighted by Crippen LogP contribution is -2.03. The van der Waals surface area contributed by atoms with Crippen molar-refractivity contribution in [1.82, 2.24) is 0 Å². The van der Waals surface area contributed by atoms with Gasteiger partial charge in [0.15, 0.2) is 0 Å². The van der Waals surface area contributed by atoms with Gasteiger partial charge in [-0.1, -0.05) is 19.1 Å². The fraction of sp³-hybridized carbons (Fsp3) is 0.444. The van der Waals surface area contributed by atoms with Gasteiger partial charge in [0.25, 0.3) is 0 Å². The molecular formula is C9H12O2. The maximum absolute atomic E-state index is 10.8. The third-order valence-corrected chi connectivity index (χ3v) is 1.51. The Morgan fingerprint density at radius 2 is 2.55 bits per heavy atom. The molecule has 0 atom stereocenters. The van der Waals surface area contributed by atoms with Crippen LogP contribution >= 0.6 is 0 Å². The standard InChI is InChI=1S/C9H12O2/c1-2-9(10)11-8-6-4-3-5-7-8/h3-4,6H,2,5,7H2,1H3. The van der Waals surface area contributed by atoms with Crippen LogP contribution in [-0.2, 0) is 9.53 Å². The molecule has 1 aliphatic carbocycles. The van der Waals surface area contributed by atoms with Gasteiger partial charge in [0.1, 0.15) is 5.76 Å². The predicted molar refractivity (Wildman–Crippen MR) is 42.8 cm³/mol. The Bertz CT molecular complexity index is 202. The predicted octanol–water partition coefficient (Wildman–Crippen LogP) is 2.17. The van der Waals surface area contributed by atoms with Crippen molar-refractivity contribution < 1.29 is 9.53 Å². The first kappa shape index (κ1) is 8.05. The van der Waals surface area contributed by atoms with E-state index >= 15 is 0 Å². The molecule has 60 valence electrons. The summed E-state index contributed by atoms with van der Waals surface area (Å²) >= 11 is 0. The van der Waals surface area contributed by atoms with Gasteiger partial charge >= 0.3 is 5.97 Å². The van der Waals surface area contributed by atoms with Gasteiger partial charge < -0.3 is 4.74 Å². The van der Waals surface area contributed by atoms with E-state index in [4.69, 9.17) is 4.74 Å². The Morgan fingerprint density at radius 3 is 3.09 bits per heavy atom. The van der Waals surface area contributed by atoms with Gasteiger partial charge in [-0.15, -0.1) is 0 Å². The van der Waals surface area contributed by atoms with E-state index in [1.807, 2.05) is 12.2 Å². The summed E-state index contributed by atoms with van der Waals surface area (Å²) < 4.78 is 5.01. The van der Waals surface area contributed by atoms with Crippen LogP contribution in [0.1, 0.15) is 26.2 Å². The van der Waals surface area contributed by atoms with Gasteiger partial charge in [-0.3, -0.25) is 4.79 Å². The summed E-state index contributed by atoms with van der Waals surface area (Å²) in [5.41, 5.74) is 0. The summed E-state index contributed by atoms with van der Waals surface area (Å²) in [4.78, 5) is 10.8. The van der Waals surface area contributed by atoms with E-state index in [2.05, 4.69) is 6.08 Å². The van der Waals surface area contributed by atoms with Crippen molar-refractivity contribution in [2.45, 2.75) is 26.2 Å². The maximum Gasteiger partial charge on any atom is 0.310 e. The number of carbonyl (C=O) groups is 1. The Kier molecular flexibility index (Phi) is 2.90. The fourth-order valence-corrected chi connectivity index (χ4v) is 0.884. The molecule has 0 spiro atoms. The molecule has 1 rings (SSSR count). The Balaban J connectivity index is 2.42. The van der Waals surface area contributed by atoms with E-state index in [0.29, 0.717) is 6.42 Å². The van der Waals surface area contributed by atoms with Crippen molar-refractivity contribution in [3.63, 3.8) is 0 Å². The molecule has 0 aromatic carbocycles. The lowest BCUT2D eigenvalue weighted by molar-refractivity contribution is -0.139. The molecule has 0 saturated heterocycles. The number of ether oxygens (including phenoxy) is 1. The van der Waals surface area contributed by atoms with Crippen LogP contribution in [0, 0.1) is 0 Å². The smallest absolute Gasteiger partial charge is 0.310 e. The van der Waals surface area contributed by atoms with Crippen LogP contribution in [0.15, 0.2) is 24.0 Å². The topological polar surface area (TPSA) is 26.3 Å². The van der Waals surface area contributed by atoms with Crippen molar-refractivity contribution in [2.75, 3.05) is 0 Å². The van der Waals surface area contributed by atoms with Crippen molar-refractivity contribution in [1.29, 1.82) is 0 Å². The lowest BCUT2D eigenvalue weighted by atomic mass is 10.2. The van der Waals surface area contributed by atoms with E-state index in [9.17, 15) is 4.79 Å². The highest BCUT2D eigenvalue weighted by molar-refractivity contribution is 5.70. The average Bonchev–Trinajstić information content (AvgIpc) is 2.06. The van der Waals surface area contributed by atoms with Crippen LogP contribution < -0.4 is 0 Å². The highest BCUT2D eigenvalue weighted by Crippen LogP contribution is 2.13. The first-order chi connectivity index (χ1) is 5.33. The van der Waals surface area contributed by atoms with Crippen LogP contribution in [-0.4, -0.2) is 5.97 Å². The summed E-state index contributed by atoms with van der Waals surface area (Å²) in [6, 6.07) is 0. The van der Waals surface area contributed by atoms with E-state index in [0.717, 1.165) is 18.6 Å². The molecule has 1 aliphatic rings. The molecule has 0 aliphatic heterocycles. The summed E-state index contributed by atoms with van der Waals surface area (Å²) in [5, 5.41) is 0. The molecule has 0 aromatic rings. The first-order valence-corrected chi connectivity index (χ1v) is 3.89. The van der Waals surface area contributed by atoms with Crippen LogP contribution in [0.25, 0.3) is 0 Å². The zero-order chi connectivity index (χ0) is 8.10. The van der Waals surface area contributed by atoms with Crippen LogP contribution in [0.5, 0.6) is 0 Å². The first-order valence-electron chi connectivity index (χ1n) is 3.89. The molecular weight excluding hydrogens is 140 g/mol. The quantitative estimate of drug-likeness (QED) is 0.567. The SMILES string of the molecule is CCC(=O)OC1=CC=CCC1.